The van der Waals surface area contributed by atoms with Crippen LogP contribution in [0.25, 0.3) is 0 Å². The summed E-state index contributed by atoms with van der Waals surface area (Å²) >= 11 is 0. The minimum absolute atomic E-state index is 0.0138. The lowest BCUT2D eigenvalue weighted by molar-refractivity contribution is 0.212. The van der Waals surface area contributed by atoms with E-state index in [0.29, 0.717) is 19.6 Å². The minimum atomic E-state index is -3.34. The highest BCUT2D eigenvalue weighted by molar-refractivity contribution is 7.86. The van der Waals surface area contributed by atoms with E-state index in [1.54, 1.807) is 8.61 Å². The Morgan fingerprint density at radius 3 is 2.50 bits per heavy atom. The maximum absolute atomic E-state index is 12.8. The average molecular weight is 275 g/mol. The summed E-state index contributed by atoms with van der Waals surface area (Å²) in [6.45, 7) is 5.71. The van der Waals surface area contributed by atoms with Crippen molar-refractivity contribution in [3.63, 3.8) is 0 Å². The highest BCUT2D eigenvalue weighted by atomic mass is 32.2. The van der Waals surface area contributed by atoms with Gasteiger partial charge in [0.05, 0.1) is 0 Å². The SMILES string of the molecule is CC1(C)CCCN1S(=O)(=O)N1CCCCC1CN. The van der Waals surface area contributed by atoms with Crippen LogP contribution in [-0.2, 0) is 10.2 Å². The van der Waals surface area contributed by atoms with Crippen LogP contribution in [0.3, 0.4) is 0 Å². The summed E-state index contributed by atoms with van der Waals surface area (Å²) < 4.78 is 28.9. The van der Waals surface area contributed by atoms with Gasteiger partial charge in [0.15, 0.2) is 0 Å². The third-order valence-electron chi connectivity index (χ3n) is 4.24. The highest BCUT2D eigenvalue weighted by Gasteiger charge is 2.45. The van der Waals surface area contributed by atoms with E-state index in [4.69, 9.17) is 5.73 Å². The summed E-state index contributed by atoms with van der Waals surface area (Å²) in [7, 11) is -3.34. The maximum atomic E-state index is 12.8. The molecule has 2 heterocycles. The molecule has 2 rings (SSSR count). The van der Waals surface area contributed by atoms with Crippen LogP contribution in [0.15, 0.2) is 0 Å². The Balaban J connectivity index is 2.24. The molecule has 0 saturated carbocycles. The average Bonchev–Trinajstić information content (AvgIpc) is 2.69. The van der Waals surface area contributed by atoms with Crippen LogP contribution >= 0.6 is 0 Å². The van der Waals surface area contributed by atoms with Crippen LogP contribution in [0, 0.1) is 0 Å². The van der Waals surface area contributed by atoms with Crippen molar-refractivity contribution in [1.82, 2.24) is 8.61 Å². The van der Waals surface area contributed by atoms with Crippen LogP contribution in [0.5, 0.6) is 0 Å². The molecular formula is C12H25N3O2S. The van der Waals surface area contributed by atoms with Gasteiger partial charge in [0.25, 0.3) is 10.2 Å². The first-order valence-corrected chi connectivity index (χ1v) is 8.29. The fraction of sp³-hybridized carbons (Fsp3) is 1.00. The molecule has 0 spiro atoms. The van der Waals surface area contributed by atoms with Gasteiger partial charge in [-0.25, -0.2) is 0 Å². The highest BCUT2D eigenvalue weighted by Crippen LogP contribution is 2.34. The van der Waals surface area contributed by atoms with Crippen molar-refractivity contribution in [2.24, 2.45) is 5.73 Å². The van der Waals surface area contributed by atoms with Crippen LogP contribution in [0.1, 0.15) is 46.0 Å². The molecule has 5 nitrogen and oxygen atoms in total. The number of rotatable bonds is 3. The van der Waals surface area contributed by atoms with Crippen molar-refractivity contribution >= 4 is 10.2 Å². The monoisotopic (exact) mass is 275 g/mol. The number of nitrogens with two attached hydrogens (primary N) is 1. The summed E-state index contributed by atoms with van der Waals surface area (Å²) in [6, 6.07) is -0.0138. The van der Waals surface area contributed by atoms with Gasteiger partial charge in [-0.2, -0.15) is 17.0 Å². The molecule has 0 aromatic rings. The summed E-state index contributed by atoms with van der Waals surface area (Å²) in [5.74, 6) is 0. The molecule has 2 aliphatic heterocycles. The Labute approximate surface area is 110 Å². The second kappa shape index (κ2) is 5.07. The Kier molecular flexibility index (Phi) is 4.02. The Morgan fingerprint density at radius 2 is 1.94 bits per heavy atom. The molecule has 1 atom stereocenters. The predicted octanol–water partition coefficient (Wildman–Crippen LogP) is 0.919. The van der Waals surface area contributed by atoms with Gasteiger partial charge < -0.3 is 5.73 Å². The molecule has 2 N–H and O–H groups in total. The molecule has 1 unspecified atom stereocenters. The maximum Gasteiger partial charge on any atom is 0.282 e. The number of hydrogen-bond donors (Lipinski definition) is 1. The number of hydrogen-bond acceptors (Lipinski definition) is 3. The summed E-state index contributed by atoms with van der Waals surface area (Å²) in [6.07, 6.45) is 4.81. The predicted molar refractivity (Wildman–Crippen MR) is 72.3 cm³/mol. The van der Waals surface area contributed by atoms with Gasteiger partial charge in [0, 0.05) is 31.2 Å². The lowest BCUT2D eigenvalue weighted by Gasteiger charge is -2.40. The zero-order chi connectivity index (χ0) is 13.4. The molecule has 2 fully saturated rings. The first-order chi connectivity index (χ1) is 8.39. The van der Waals surface area contributed by atoms with E-state index in [-0.39, 0.29) is 11.6 Å². The summed E-state index contributed by atoms with van der Waals surface area (Å²) in [4.78, 5) is 0. The van der Waals surface area contributed by atoms with E-state index >= 15 is 0 Å². The third-order valence-corrected chi connectivity index (χ3v) is 6.55. The Hall–Kier alpha value is -0.170. The second-order valence-corrected chi connectivity index (χ2v) is 7.80. The first kappa shape index (κ1) is 14.2. The van der Waals surface area contributed by atoms with Crippen molar-refractivity contribution < 1.29 is 8.42 Å². The molecular weight excluding hydrogens is 250 g/mol. The fourth-order valence-corrected chi connectivity index (χ4v) is 5.41. The minimum Gasteiger partial charge on any atom is -0.329 e. The zero-order valence-corrected chi connectivity index (χ0v) is 12.2. The zero-order valence-electron chi connectivity index (χ0n) is 11.4. The van der Waals surface area contributed by atoms with Crippen LogP contribution < -0.4 is 5.73 Å². The van der Waals surface area contributed by atoms with E-state index in [2.05, 4.69) is 0 Å². The van der Waals surface area contributed by atoms with E-state index < -0.39 is 10.2 Å². The van der Waals surface area contributed by atoms with Gasteiger partial charge in [-0.15, -0.1) is 0 Å². The molecule has 6 heteroatoms. The largest absolute Gasteiger partial charge is 0.329 e. The van der Waals surface area contributed by atoms with E-state index in [9.17, 15) is 8.42 Å². The van der Waals surface area contributed by atoms with Crippen LogP contribution in [-0.4, -0.2) is 48.2 Å². The normalized spacial score (nSPS) is 30.7. The van der Waals surface area contributed by atoms with E-state index in [0.717, 1.165) is 32.1 Å². The molecule has 0 aliphatic carbocycles. The Bertz CT molecular complexity index is 394. The lowest BCUT2D eigenvalue weighted by Crippen LogP contribution is -2.56. The van der Waals surface area contributed by atoms with Crippen molar-refractivity contribution in [3.05, 3.63) is 0 Å². The standard InChI is InChI=1S/C12H25N3O2S/c1-12(2)7-5-9-15(12)18(16,17)14-8-4-3-6-11(14)10-13/h11H,3-10,13H2,1-2H3. The number of nitrogens with zero attached hydrogens (tertiary/aromatic N) is 2. The van der Waals surface area contributed by atoms with Gasteiger partial charge in [-0.3, -0.25) is 0 Å². The molecule has 2 saturated heterocycles. The smallest absolute Gasteiger partial charge is 0.282 e. The van der Waals surface area contributed by atoms with E-state index in [1.165, 1.54) is 0 Å². The molecule has 0 bridgehead atoms. The van der Waals surface area contributed by atoms with Gasteiger partial charge in [0.1, 0.15) is 0 Å². The van der Waals surface area contributed by atoms with E-state index in [1.807, 2.05) is 13.8 Å². The van der Waals surface area contributed by atoms with Gasteiger partial charge >= 0.3 is 0 Å². The quantitative estimate of drug-likeness (QED) is 0.833. The topological polar surface area (TPSA) is 66.6 Å². The molecule has 106 valence electrons. The van der Waals surface area contributed by atoms with Crippen molar-refractivity contribution in [3.8, 4) is 0 Å². The first-order valence-electron chi connectivity index (χ1n) is 6.89. The van der Waals surface area contributed by atoms with Crippen LogP contribution in [0.2, 0.25) is 0 Å². The van der Waals surface area contributed by atoms with Crippen molar-refractivity contribution in [2.45, 2.75) is 57.5 Å². The molecule has 0 amide bonds. The Morgan fingerprint density at radius 1 is 1.22 bits per heavy atom. The van der Waals surface area contributed by atoms with Crippen molar-refractivity contribution in [2.75, 3.05) is 19.6 Å². The molecule has 0 aromatic heterocycles. The summed E-state index contributed by atoms with van der Waals surface area (Å²) in [5, 5.41) is 0. The van der Waals surface area contributed by atoms with Gasteiger partial charge in [-0.1, -0.05) is 6.42 Å². The van der Waals surface area contributed by atoms with Gasteiger partial charge in [-0.05, 0) is 39.5 Å². The fourth-order valence-electron chi connectivity index (χ4n) is 3.15. The molecule has 0 aromatic carbocycles. The second-order valence-electron chi connectivity index (χ2n) is 5.99. The number of piperidine rings is 1. The summed E-state index contributed by atoms with van der Waals surface area (Å²) in [5.41, 5.74) is 5.48. The molecule has 2 aliphatic rings. The van der Waals surface area contributed by atoms with Gasteiger partial charge in [0.2, 0.25) is 0 Å². The molecule has 0 radical (unpaired) electrons. The van der Waals surface area contributed by atoms with Crippen molar-refractivity contribution in [1.29, 1.82) is 0 Å². The van der Waals surface area contributed by atoms with Crippen LogP contribution in [0.4, 0.5) is 0 Å². The molecule has 18 heavy (non-hydrogen) atoms. The lowest BCUT2D eigenvalue weighted by atomic mass is 10.0. The third kappa shape index (κ3) is 2.43.